The van der Waals surface area contributed by atoms with E-state index in [-0.39, 0.29) is 30.0 Å². The number of aldehydes is 1. The van der Waals surface area contributed by atoms with Crippen molar-refractivity contribution in [2.75, 3.05) is 19.6 Å². The third-order valence-electron chi connectivity index (χ3n) is 5.94. The quantitative estimate of drug-likeness (QED) is 0.154. The lowest BCUT2D eigenvalue weighted by molar-refractivity contribution is -0.148. The normalized spacial score (nSPS) is 15.3. The highest BCUT2D eigenvalue weighted by Crippen LogP contribution is 2.43. The number of nitrogens with one attached hydrogen (secondary N) is 1. The Kier molecular flexibility index (Phi) is 11.6. The van der Waals surface area contributed by atoms with Crippen LogP contribution in [-0.4, -0.2) is 54.6 Å². The van der Waals surface area contributed by atoms with Crippen LogP contribution in [0.15, 0.2) is 36.4 Å². The van der Waals surface area contributed by atoms with Crippen LogP contribution in [-0.2, 0) is 11.0 Å². The van der Waals surface area contributed by atoms with Gasteiger partial charge in [0.2, 0.25) is 0 Å². The molecule has 4 nitrogen and oxygen atoms in total. The monoisotopic (exact) mass is 688 g/mol. The lowest BCUT2D eigenvalue weighted by atomic mass is 9.95. The van der Waals surface area contributed by atoms with E-state index in [4.69, 9.17) is 34.8 Å². The molecule has 238 valence electrons. The summed E-state index contributed by atoms with van der Waals surface area (Å²) in [5.74, 6) is -6.05. The van der Waals surface area contributed by atoms with E-state index >= 15 is 4.39 Å². The Morgan fingerprint density at radius 3 is 1.95 bits per heavy atom. The summed E-state index contributed by atoms with van der Waals surface area (Å²) < 4.78 is 137. The first-order valence-corrected chi connectivity index (χ1v) is 13.0. The number of hydrogen-bond acceptors (Lipinski definition) is 3. The van der Waals surface area contributed by atoms with E-state index in [1.165, 1.54) is 6.92 Å². The van der Waals surface area contributed by atoms with Gasteiger partial charge in [-0.2, -0.15) is 39.5 Å². The molecule has 0 spiro atoms. The van der Waals surface area contributed by atoms with Crippen LogP contribution in [0.1, 0.15) is 46.8 Å². The van der Waals surface area contributed by atoms with Gasteiger partial charge in [0, 0.05) is 12.1 Å². The molecule has 2 rings (SSSR count). The first-order chi connectivity index (χ1) is 19.5. The SMILES string of the molecule is CCN(CC(F)(F)F)C[C@@](C)(C=O)NC(=O)c1ccc(/C(F)=C/C(c2cc(Cl)c(Cl)c(Cl)c2)C(F)(F)F)cc1C(F)(F)F. The van der Waals surface area contributed by atoms with Gasteiger partial charge in [0.05, 0.1) is 32.7 Å². The van der Waals surface area contributed by atoms with Crippen molar-refractivity contribution in [2.45, 2.75) is 43.8 Å². The first-order valence-electron chi connectivity index (χ1n) is 11.9. The number of rotatable bonds is 10. The third-order valence-corrected chi connectivity index (χ3v) is 7.13. The van der Waals surface area contributed by atoms with Crippen LogP contribution in [0, 0.1) is 0 Å². The topological polar surface area (TPSA) is 49.4 Å². The van der Waals surface area contributed by atoms with E-state index in [0.717, 1.165) is 24.0 Å². The number of allylic oxidation sites excluding steroid dienone is 1. The van der Waals surface area contributed by atoms with Crippen LogP contribution >= 0.6 is 34.8 Å². The number of benzene rings is 2. The van der Waals surface area contributed by atoms with Crippen LogP contribution in [0.2, 0.25) is 15.1 Å². The molecule has 0 aliphatic rings. The molecule has 1 N–H and O–H groups in total. The van der Waals surface area contributed by atoms with Gasteiger partial charge in [-0.25, -0.2) is 4.39 Å². The number of hydrogen-bond donors (Lipinski definition) is 1. The Morgan fingerprint density at radius 2 is 1.51 bits per heavy atom. The van der Waals surface area contributed by atoms with Gasteiger partial charge in [0.1, 0.15) is 23.6 Å². The largest absolute Gasteiger partial charge is 0.417 e. The van der Waals surface area contributed by atoms with Gasteiger partial charge < -0.3 is 10.1 Å². The Balaban J connectivity index is 2.52. The fourth-order valence-electron chi connectivity index (χ4n) is 3.93. The number of carbonyl (C=O) groups excluding carboxylic acids is 2. The zero-order valence-corrected chi connectivity index (χ0v) is 24.2. The molecule has 0 bridgehead atoms. The van der Waals surface area contributed by atoms with E-state index in [2.05, 4.69) is 0 Å². The van der Waals surface area contributed by atoms with Crippen LogP contribution in [0.25, 0.3) is 5.83 Å². The van der Waals surface area contributed by atoms with Crippen LogP contribution < -0.4 is 5.32 Å². The highest BCUT2D eigenvalue weighted by atomic mass is 35.5. The van der Waals surface area contributed by atoms with Gasteiger partial charge in [-0.1, -0.05) is 47.8 Å². The van der Waals surface area contributed by atoms with Crippen molar-refractivity contribution in [3.63, 3.8) is 0 Å². The lowest BCUT2D eigenvalue weighted by Gasteiger charge is -2.32. The minimum absolute atomic E-state index is 0.0193. The molecule has 0 saturated carbocycles. The highest BCUT2D eigenvalue weighted by molar-refractivity contribution is 6.48. The van der Waals surface area contributed by atoms with Gasteiger partial charge in [0.15, 0.2) is 0 Å². The smallest absolute Gasteiger partial charge is 0.339 e. The van der Waals surface area contributed by atoms with Crippen LogP contribution in [0.5, 0.6) is 0 Å². The third kappa shape index (κ3) is 9.98. The van der Waals surface area contributed by atoms with E-state index in [9.17, 15) is 49.1 Å². The fourth-order valence-corrected chi connectivity index (χ4v) is 4.55. The minimum atomic E-state index is -5.35. The Labute approximate surface area is 253 Å². The summed E-state index contributed by atoms with van der Waals surface area (Å²) >= 11 is 17.3. The van der Waals surface area contributed by atoms with Crippen molar-refractivity contribution >= 4 is 52.8 Å². The second-order valence-electron chi connectivity index (χ2n) is 9.50. The van der Waals surface area contributed by atoms with Crippen molar-refractivity contribution in [3.8, 4) is 0 Å². The molecular weight excluding hydrogens is 669 g/mol. The molecule has 2 atom stereocenters. The number of likely N-dealkylation sites (N-methyl/N-ethyl adjacent to an activating group) is 1. The van der Waals surface area contributed by atoms with E-state index in [0.29, 0.717) is 12.1 Å². The number of amides is 1. The molecule has 43 heavy (non-hydrogen) atoms. The zero-order chi connectivity index (χ0) is 33.1. The molecule has 1 unspecified atom stereocenters. The molecule has 0 saturated heterocycles. The van der Waals surface area contributed by atoms with Crippen molar-refractivity contribution in [1.82, 2.24) is 10.2 Å². The average Bonchev–Trinajstić information content (AvgIpc) is 2.87. The van der Waals surface area contributed by atoms with Crippen molar-refractivity contribution in [3.05, 3.63) is 73.7 Å². The Hall–Kier alpha value is -2.55. The molecule has 17 heteroatoms. The molecular formula is C26H21Cl3F10N2O2. The maximum Gasteiger partial charge on any atom is 0.417 e. The number of halogens is 13. The summed E-state index contributed by atoms with van der Waals surface area (Å²) in [6.45, 7) is -0.147. The first kappa shape index (κ1) is 36.6. The number of alkyl halides is 9. The summed E-state index contributed by atoms with van der Waals surface area (Å²) in [5, 5.41) is 0.871. The van der Waals surface area contributed by atoms with Gasteiger partial charge >= 0.3 is 18.5 Å². The van der Waals surface area contributed by atoms with Gasteiger partial charge in [-0.05, 0) is 49.4 Å². The summed E-state index contributed by atoms with van der Waals surface area (Å²) in [6.07, 6.45) is -15.2. The van der Waals surface area contributed by atoms with E-state index < -0.39 is 87.1 Å². The molecule has 0 aliphatic heterocycles. The molecule has 2 aromatic carbocycles. The lowest BCUT2D eigenvalue weighted by Crippen LogP contribution is -2.56. The van der Waals surface area contributed by atoms with Gasteiger partial charge in [-0.3, -0.25) is 9.69 Å². The molecule has 0 heterocycles. The predicted molar refractivity (Wildman–Crippen MR) is 141 cm³/mol. The van der Waals surface area contributed by atoms with Crippen molar-refractivity contribution in [1.29, 1.82) is 0 Å². The van der Waals surface area contributed by atoms with Crippen molar-refractivity contribution in [2.24, 2.45) is 0 Å². The maximum atomic E-state index is 15.1. The average molecular weight is 690 g/mol. The standard InChI is InChI=1S/C26H21Cl3F10N2O2/c1-3-41(11-24(31,32)33)10-23(2,12-42)40-22(43)15-5-4-13(6-17(15)26(37,38)39)20(30)9-16(25(34,35)36)14-7-18(27)21(29)19(28)8-14/h4-9,12,16H,3,10-11H2,1-2H3,(H,40,43)/b20-9-/t16?,23-/m0/s1. The molecule has 0 aliphatic carbocycles. The summed E-state index contributed by atoms with van der Waals surface area (Å²) in [4.78, 5) is 25.2. The fraction of sp³-hybridized carbons (Fsp3) is 0.385. The van der Waals surface area contributed by atoms with E-state index in [1.807, 2.05) is 5.32 Å². The van der Waals surface area contributed by atoms with Crippen molar-refractivity contribution < 1.29 is 53.5 Å². The second kappa shape index (κ2) is 13.6. The molecule has 0 radical (unpaired) electrons. The van der Waals surface area contributed by atoms with Gasteiger partial charge in [0.25, 0.3) is 5.91 Å². The molecule has 0 aromatic heterocycles. The molecule has 0 fully saturated rings. The summed E-state index contributed by atoms with van der Waals surface area (Å²) in [6, 6.07) is 2.63. The minimum Gasteiger partial charge on any atom is -0.339 e. The van der Waals surface area contributed by atoms with Crippen LogP contribution in [0.4, 0.5) is 43.9 Å². The van der Waals surface area contributed by atoms with Crippen LogP contribution in [0.3, 0.4) is 0 Å². The number of nitrogens with zero attached hydrogens (tertiary/aromatic N) is 1. The predicted octanol–water partition coefficient (Wildman–Crippen LogP) is 8.89. The highest BCUT2D eigenvalue weighted by Gasteiger charge is 2.42. The van der Waals surface area contributed by atoms with Gasteiger partial charge in [-0.15, -0.1) is 0 Å². The summed E-state index contributed by atoms with van der Waals surface area (Å²) in [7, 11) is 0. The summed E-state index contributed by atoms with van der Waals surface area (Å²) in [5.41, 5.74) is -6.71. The van der Waals surface area contributed by atoms with E-state index in [1.54, 1.807) is 0 Å². The Morgan fingerprint density at radius 1 is 0.953 bits per heavy atom. The molecule has 2 aromatic rings. The Bertz CT molecular complexity index is 1350. The molecule has 1 amide bonds. The second-order valence-corrected chi connectivity index (χ2v) is 10.7. The number of carbonyl (C=O) groups is 2. The zero-order valence-electron chi connectivity index (χ0n) is 21.9. The maximum absolute atomic E-state index is 15.1.